The number of benzene rings is 1. The van der Waals surface area contributed by atoms with Crippen molar-refractivity contribution in [2.24, 2.45) is 0 Å². The molecule has 0 amide bonds. The summed E-state index contributed by atoms with van der Waals surface area (Å²) in [5.41, 5.74) is 0.745. The lowest BCUT2D eigenvalue weighted by molar-refractivity contribution is -0.292. The molecule has 3 aromatic rings. The molecule has 22 heavy (non-hydrogen) atoms. The molecule has 3 heterocycles. The number of aromatic nitrogens is 3. The van der Waals surface area contributed by atoms with Crippen LogP contribution in [0.5, 0.6) is 0 Å². The van der Waals surface area contributed by atoms with Crippen LogP contribution in [0.1, 0.15) is 12.2 Å². The van der Waals surface area contributed by atoms with Crippen LogP contribution in [0.25, 0.3) is 11.0 Å². The van der Waals surface area contributed by atoms with Crippen molar-refractivity contribution in [1.82, 2.24) is 14.8 Å². The second-order valence-corrected chi connectivity index (χ2v) is 5.63. The Kier molecular flexibility index (Phi) is 3.37. The van der Waals surface area contributed by atoms with Gasteiger partial charge in [-0.1, -0.05) is 11.6 Å². The topological polar surface area (TPSA) is 62.3 Å². The first kappa shape index (κ1) is 13.8. The first-order valence-corrected chi connectivity index (χ1v) is 7.43. The smallest absolute Gasteiger partial charge is 0.248 e. The maximum absolute atomic E-state index is 6.04. The van der Waals surface area contributed by atoms with E-state index in [0.29, 0.717) is 30.5 Å². The predicted molar refractivity (Wildman–Crippen MR) is 79.4 cm³/mol. The molecule has 0 spiro atoms. The van der Waals surface area contributed by atoms with Gasteiger partial charge in [-0.05, 0) is 30.7 Å². The minimum Gasteiger partial charge on any atom is -0.455 e. The van der Waals surface area contributed by atoms with Crippen LogP contribution in [0, 0.1) is 0 Å². The molecule has 0 saturated carbocycles. The summed E-state index contributed by atoms with van der Waals surface area (Å²) in [5.74, 6) is -0.378. The lowest BCUT2D eigenvalue weighted by atomic mass is 10.1. The summed E-state index contributed by atoms with van der Waals surface area (Å²) in [6.45, 7) is 1.58. The second kappa shape index (κ2) is 5.39. The van der Waals surface area contributed by atoms with Gasteiger partial charge in [0.05, 0.1) is 13.2 Å². The maximum Gasteiger partial charge on any atom is 0.248 e. The molecule has 0 N–H and O–H groups in total. The molecule has 0 radical (unpaired) electrons. The number of nitrogens with zero attached hydrogens (tertiary/aromatic N) is 3. The summed E-state index contributed by atoms with van der Waals surface area (Å²) in [5, 5.41) is 5.71. The van der Waals surface area contributed by atoms with E-state index < -0.39 is 5.79 Å². The molecule has 0 unspecified atom stereocenters. The Morgan fingerprint density at radius 3 is 2.86 bits per heavy atom. The van der Waals surface area contributed by atoms with E-state index in [0.717, 1.165) is 17.4 Å². The summed E-state index contributed by atoms with van der Waals surface area (Å²) in [7, 11) is 0. The maximum atomic E-state index is 6.04. The Labute approximate surface area is 131 Å². The molecule has 6 nitrogen and oxygen atoms in total. The summed E-state index contributed by atoms with van der Waals surface area (Å²) in [6.07, 6.45) is 3.96. The van der Waals surface area contributed by atoms with E-state index in [1.54, 1.807) is 17.1 Å². The Hall–Kier alpha value is -1.89. The SMILES string of the molecule is Clc1ccc2oc(C3(Cn4cncn4)OCCCO3)cc2c1. The van der Waals surface area contributed by atoms with Crippen LogP contribution >= 0.6 is 11.6 Å². The Morgan fingerprint density at radius 1 is 1.23 bits per heavy atom. The van der Waals surface area contributed by atoms with Crippen LogP contribution < -0.4 is 0 Å². The molecule has 0 bridgehead atoms. The van der Waals surface area contributed by atoms with Crippen molar-refractivity contribution in [3.63, 3.8) is 0 Å². The molecule has 0 aliphatic carbocycles. The molecule has 114 valence electrons. The van der Waals surface area contributed by atoms with Gasteiger partial charge >= 0.3 is 0 Å². The van der Waals surface area contributed by atoms with E-state index in [4.69, 9.17) is 25.5 Å². The lowest BCUT2D eigenvalue weighted by Gasteiger charge is -2.35. The van der Waals surface area contributed by atoms with Crippen molar-refractivity contribution in [2.45, 2.75) is 18.8 Å². The van der Waals surface area contributed by atoms with Gasteiger partial charge in [0, 0.05) is 10.4 Å². The normalized spacial score (nSPS) is 17.9. The highest BCUT2D eigenvalue weighted by molar-refractivity contribution is 6.31. The fraction of sp³-hybridized carbons (Fsp3) is 0.333. The van der Waals surface area contributed by atoms with Gasteiger partial charge < -0.3 is 13.9 Å². The van der Waals surface area contributed by atoms with Gasteiger partial charge in [0.25, 0.3) is 0 Å². The van der Waals surface area contributed by atoms with Gasteiger partial charge in [-0.25, -0.2) is 9.67 Å². The third kappa shape index (κ3) is 2.39. The molecule has 2 aromatic heterocycles. The van der Waals surface area contributed by atoms with Crippen LogP contribution in [-0.2, 0) is 21.8 Å². The first-order chi connectivity index (χ1) is 10.8. The number of hydrogen-bond donors (Lipinski definition) is 0. The van der Waals surface area contributed by atoms with Gasteiger partial charge in [-0.15, -0.1) is 0 Å². The van der Waals surface area contributed by atoms with E-state index in [1.165, 1.54) is 6.33 Å². The molecule has 7 heteroatoms. The number of halogens is 1. The zero-order valence-electron chi connectivity index (χ0n) is 11.7. The molecular formula is C15H14ClN3O3. The van der Waals surface area contributed by atoms with Crippen LogP contribution in [0.2, 0.25) is 5.02 Å². The number of ether oxygens (including phenoxy) is 2. The van der Waals surface area contributed by atoms with Crippen LogP contribution in [-0.4, -0.2) is 28.0 Å². The Bertz CT molecular complexity index is 779. The number of hydrogen-bond acceptors (Lipinski definition) is 5. The summed E-state index contributed by atoms with van der Waals surface area (Å²) in [4.78, 5) is 3.96. The van der Waals surface area contributed by atoms with E-state index in [-0.39, 0.29) is 0 Å². The van der Waals surface area contributed by atoms with Crippen molar-refractivity contribution in [3.8, 4) is 0 Å². The molecule has 1 aromatic carbocycles. The van der Waals surface area contributed by atoms with E-state index >= 15 is 0 Å². The first-order valence-electron chi connectivity index (χ1n) is 7.05. The fourth-order valence-corrected chi connectivity index (χ4v) is 2.80. The van der Waals surface area contributed by atoms with Gasteiger partial charge in [-0.3, -0.25) is 0 Å². The van der Waals surface area contributed by atoms with Crippen LogP contribution in [0.3, 0.4) is 0 Å². The van der Waals surface area contributed by atoms with E-state index in [2.05, 4.69) is 10.1 Å². The molecule has 4 rings (SSSR count). The zero-order valence-corrected chi connectivity index (χ0v) is 12.5. The fourth-order valence-electron chi connectivity index (χ4n) is 2.62. The highest BCUT2D eigenvalue weighted by Gasteiger charge is 2.41. The second-order valence-electron chi connectivity index (χ2n) is 5.19. The number of fused-ring (bicyclic) bond motifs is 1. The van der Waals surface area contributed by atoms with Crippen molar-refractivity contribution < 1.29 is 13.9 Å². The number of rotatable bonds is 3. The Morgan fingerprint density at radius 2 is 2.09 bits per heavy atom. The quantitative estimate of drug-likeness (QED) is 0.742. The predicted octanol–water partition coefficient (Wildman–Crippen LogP) is 2.97. The summed E-state index contributed by atoms with van der Waals surface area (Å²) in [6, 6.07) is 7.40. The molecule has 1 aliphatic heterocycles. The highest BCUT2D eigenvalue weighted by atomic mass is 35.5. The number of furan rings is 1. The van der Waals surface area contributed by atoms with Crippen molar-refractivity contribution in [1.29, 1.82) is 0 Å². The van der Waals surface area contributed by atoms with Gasteiger partial charge in [0.15, 0.2) is 5.76 Å². The highest BCUT2D eigenvalue weighted by Crippen LogP contribution is 2.36. The Balaban J connectivity index is 1.78. The minimum atomic E-state index is -0.989. The average molecular weight is 320 g/mol. The molecule has 0 atom stereocenters. The minimum absolute atomic E-state index is 0.376. The molecular weight excluding hydrogens is 306 g/mol. The average Bonchev–Trinajstić information content (AvgIpc) is 3.17. The van der Waals surface area contributed by atoms with E-state index in [1.807, 2.05) is 18.2 Å². The van der Waals surface area contributed by atoms with Crippen molar-refractivity contribution >= 4 is 22.6 Å². The molecule has 1 aliphatic rings. The largest absolute Gasteiger partial charge is 0.455 e. The third-order valence-corrected chi connectivity index (χ3v) is 3.88. The van der Waals surface area contributed by atoms with Gasteiger partial charge in [0.1, 0.15) is 24.8 Å². The summed E-state index contributed by atoms with van der Waals surface area (Å²) < 4.78 is 19.5. The summed E-state index contributed by atoms with van der Waals surface area (Å²) >= 11 is 6.04. The van der Waals surface area contributed by atoms with Gasteiger partial charge in [-0.2, -0.15) is 5.10 Å². The molecule has 1 saturated heterocycles. The van der Waals surface area contributed by atoms with Crippen LogP contribution in [0.4, 0.5) is 0 Å². The van der Waals surface area contributed by atoms with Crippen molar-refractivity contribution in [3.05, 3.63) is 47.7 Å². The monoisotopic (exact) mass is 319 g/mol. The standard InChI is InChI=1S/C15H14ClN3O3/c16-12-2-3-13-11(6-12)7-14(22-13)15(20-4-1-5-21-15)8-19-10-17-9-18-19/h2-3,6-7,9-10H,1,4-5,8H2. The van der Waals surface area contributed by atoms with E-state index in [9.17, 15) is 0 Å². The van der Waals surface area contributed by atoms with Crippen LogP contribution in [0.15, 0.2) is 41.3 Å². The molecule has 1 fully saturated rings. The zero-order chi connectivity index (χ0) is 15.0. The third-order valence-electron chi connectivity index (χ3n) is 3.65. The lowest BCUT2D eigenvalue weighted by Crippen LogP contribution is -2.41. The van der Waals surface area contributed by atoms with Crippen molar-refractivity contribution in [2.75, 3.05) is 13.2 Å². The van der Waals surface area contributed by atoms with Gasteiger partial charge in [0.2, 0.25) is 5.79 Å².